The Bertz CT molecular complexity index is 464. The maximum Gasteiger partial charge on any atom is 0.310 e. The highest BCUT2D eigenvalue weighted by Gasteiger charge is 2.26. The van der Waals surface area contributed by atoms with Gasteiger partial charge in [-0.05, 0) is 42.5 Å². The lowest BCUT2D eigenvalue weighted by molar-refractivity contribution is -0.139. The van der Waals surface area contributed by atoms with Crippen LogP contribution in [-0.4, -0.2) is 17.0 Å². The number of carboxylic acids is 1. The molecule has 4 heteroatoms. The first-order chi connectivity index (χ1) is 8.08. The van der Waals surface area contributed by atoms with Gasteiger partial charge in [0, 0.05) is 6.92 Å². The number of ether oxygens (including phenoxy) is 1. The summed E-state index contributed by atoms with van der Waals surface area (Å²) in [6.45, 7) is 1.35. The summed E-state index contributed by atoms with van der Waals surface area (Å²) in [6, 6.07) is 5.18. The molecule has 17 heavy (non-hydrogen) atoms. The molecule has 1 aromatic carbocycles. The van der Waals surface area contributed by atoms with E-state index < -0.39 is 11.9 Å². The fourth-order valence-electron chi connectivity index (χ4n) is 2.28. The molecule has 2 rings (SSSR count). The van der Waals surface area contributed by atoms with E-state index in [2.05, 4.69) is 0 Å². The number of carbonyl (C=O) groups is 2. The summed E-state index contributed by atoms with van der Waals surface area (Å²) < 4.78 is 4.99. The third-order valence-electron chi connectivity index (χ3n) is 2.99. The van der Waals surface area contributed by atoms with Crippen molar-refractivity contribution in [1.82, 2.24) is 0 Å². The zero-order chi connectivity index (χ0) is 12.4. The number of benzene rings is 1. The fraction of sp³-hybridized carbons (Fsp3) is 0.385. The molecule has 1 N–H and O–H groups in total. The van der Waals surface area contributed by atoms with Crippen LogP contribution in [0.1, 0.15) is 36.8 Å². The molecule has 1 aliphatic rings. The van der Waals surface area contributed by atoms with Crippen molar-refractivity contribution in [3.8, 4) is 5.75 Å². The van der Waals surface area contributed by atoms with Crippen molar-refractivity contribution >= 4 is 11.9 Å². The predicted molar refractivity (Wildman–Crippen MR) is 61.1 cm³/mol. The van der Waals surface area contributed by atoms with E-state index in [1.807, 2.05) is 0 Å². The smallest absolute Gasteiger partial charge is 0.310 e. The van der Waals surface area contributed by atoms with Crippen LogP contribution < -0.4 is 4.74 Å². The van der Waals surface area contributed by atoms with Crippen LogP contribution in [0.5, 0.6) is 5.75 Å². The summed E-state index contributed by atoms with van der Waals surface area (Å²) in [5, 5.41) is 9.11. The highest BCUT2D eigenvalue weighted by Crippen LogP contribution is 2.33. The summed E-state index contributed by atoms with van der Waals surface area (Å²) in [6.07, 6.45) is 2.37. The maximum atomic E-state index is 11.1. The predicted octanol–water partition coefficient (Wildman–Crippen LogP) is 2.12. The molecular weight excluding hydrogens is 220 g/mol. The van der Waals surface area contributed by atoms with Gasteiger partial charge in [0.2, 0.25) is 0 Å². The van der Waals surface area contributed by atoms with Crippen molar-refractivity contribution in [3.63, 3.8) is 0 Å². The van der Waals surface area contributed by atoms with Crippen LogP contribution in [0, 0.1) is 0 Å². The average Bonchev–Trinajstić information content (AvgIpc) is 2.26. The number of carboxylic acid groups (broad SMARTS) is 1. The number of carbonyl (C=O) groups excluding carboxylic acids is 1. The second-order valence-corrected chi connectivity index (χ2v) is 4.24. The van der Waals surface area contributed by atoms with E-state index in [4.69, 9.17) is 9.84 Å². The average molecular weight is 234 g/mol. The van der Waals surface area contributed by atoms with Gasteiger partial charge in [0.15, 0.2) is 0 Å². The standard InChI is InChI=1S/C13H14O4/c1-8(14)17-10-5-6-11-9(7-10)3-2-4-12(11)13(15)16/h5-7,12H,2-4H2,1H3,(H,15,16). The number of hydrogen-bond donors (Lipinski definition) is 1. The van der Waals surface area contributed by atoms with E-state index in [-0.39, 0.29) is 5.97 Å². The monoisotopic (exact) mass is 234 g/mol. The molecule has 0 aliphatic heterocycles. The van der Waals surface area contributed by atoms with Crippen LogP contribution in [0.25, 0.3) is 0 Å². The molecule has 1 aliphatic carbocycles. The molecule has 0 amide bonds. The Morgan fingerprint density at radius 2 is 2.18 bits per heavy atom. The summed E-state index contributed by atoms with van der Waals surface area (Å²) in [4.78, 5) is 21.9. The Kier molecular flexibility index (Phi) is 3.13. The molecule has 1 aromatic rings. The largest absolute Gasteiger partial charge is 0.481 e. The van der Waals surface area contributed by atoms with E-state index in [0.717, 1.165) is 24.0 Å². The van der Waals surface area contributed by atoms with Crippen molar-refractivity contribution in [1.29, 1.82) is 0 Å². The quantitative estimate of drug-likeness (QED) is 0.628. The molecule has 1 unspecified atom stereocenters. The minimum atomic E-state index is -0.786. The minimum Gasteiger partial charge on any atom is -0.481 e. The fourth-order valence-corrected chi connectivity index (χ4v) is 2.28. The molecule has 0 saturated carbocycles. The SMILES string of the molecule is CC(=O)Oc1ccc2c(c1)CCCC2C(=O)O. The van der Waals surface area contributed by atoms with E-state index in [1.165, 1.54) is 6.92 Å². The first kappa shape index (κ1) is 11.6. The normalized spacial score (nSPS) is 18.3. The van der Waals surface area contributed by atoms with Crippen molar-refractivity contribution in [2.45, 2.75) is 32.1 Å². The first-order valence-corrected chi connectivity index (χ1v) is 5.62. The Morgan fingerprint density at radius 1 is 1.41 bits per heavy atom. The maximum absolute atomic E-state index is 11.1. The molecule has 0 spiro atoms. The minimum absolute atomic E-state index is 0.365. The summed E-state index contributed by atoms with van der Waals surface area (Å²) >= 11 is 0. The van der Waals surface area contributed by atoms with Gasteiger partial charge >= 0.3 is 11.9 Å². The van der Waals surface area contributed by atoms with Crippen LogP contribution in [-0.2, 0) is 16.0 Å². The third-order valence-corrected chi connectivity index (χ3v) is 2.99. The number of esters is 1. The lowest BCUT2D eigenvalue weighted by Crippen LogP contribution is -2.18. The van der Waals surface area contributed by atoms with Crippen LogP contribution >= 0.6 is 0 Å². The Balaban J connectivity index is 2.32. The van der Waals surface area contributed by atoms with E-state index >= 15 is 0 Å². The van der Waals surface area contributed by atoms with Gasteiger partial charge in [-0.25, -0.2) is 0 Å². The zero-order valence-corrected chi connectivity index (χ0v) is 9.60. The summed E-state index contributed by atoms with van der Waals surface area (Å²) in [7, 11) is 0. The van der Waals surface area contributed by atoms with E-state index in [9.17, 15) is 9.59 Å². The van der Waals surface area contributed by atoms with Gasteiger partial charge in [-0.2, -0.15) is 0 Å². The summed E-state index contributed by atoms with van der Waals surface area (Å²) in [5.41, 5.74) is 1.82. The van der Waals surface area contributed by atoms with Gasteiger partial charge in [0.05, 0.1) is 5.92 Å². The van der Waals surface area contributed by atoms with Gasteiger partial charge in [-0.15, -0.1) is 0 Å². The number of rotatable bonds is 2. The topological polar surface area (TPSA) is 63.6 Å². The zero-order valence-electron chi connectivity index (χ0n) is 9.60. The van der Waals surface area contributed by atoms with Crippen LogP contribution in [0.15, 0.2) is 18.2 Å². The molecule has 0 aromatic heterocycles. The summed E-state index contributed by atoms with van der Waals surface area (Å²) in [5.74, 6) is -1.09. The highest BCUT2D eigenvalue weighted by atomic mass is 16.5. The van der Waals surface area contributed by atoms with E-state index in [0.29, 0.717) is 12.2 Å². The molecule has 90 valence electrons. The number of hydrogen-bond acceptors (Lipinski definition) is 3. The molecule has 0 heterocycles. The second kappa shape index (κ2) is 4.57. The van der Waals surface area contributed by atoms with E-state index in [1.54, 1.807) is 18.2 Å². The molecule has 0 bridgehead atoms. The Labute approximate surface area is 99.2 Å². The van der Waals surface area contributed by atoms with Gasteiger partial charge < -0.3 is 9.84 Å². The highest BCUT2D eigenvalue weighted by molar-refractivity contribution is 5.77. The lowest BCUT2D eigenvalue weighted by atomic mass is 9.83. The van der Waals surface area contributed by atoms with Crippen molar-refractivity contribution in [2.24, 2.45) is 0 Å². The molecule has 0 radical (unpaired) electrons. The van der Waals surface area contributed by atoms with Crippen molar-refractivity contribution < 1.29 is 19.4 Å². The molecule has 0 fully saturated rings. The second-order valence-electron chi connectivity index (χ2n) is 4.24. The molecule has 0 saturated heterocycles. The van der Waals surface area contributed by atoms with Crippen LogP contribution in [0.4, 0.5) is 0 Å². The Morgan fingerprint density at radius 3 is 2.82 bits per heavy atom. The van der Waals surface area contributed by atoms with Gasteiger partial charge in [-0.1, -0.05) is 6.07 Å². The Hall–Kier alpha value is -1.84. The first-order valence-electron chi connectivity index (χ1n) is 5.62. The molecule has 4 nitrogen and oxygen atoms in total. The van der Waals surface area contributed by atoms with Gasteiger partial charge in [0.1, 0.15) is 5.75 Å². The van der Waals surface area contributed by atoms with Crippen LogP contribution in [0.3, 0.4) is 0 Å². The van der Waals surface area contributed by atoms with Gasteiger partial charge in [0.25, 0.3) is 0 Å². The molecule has 1 atom stereocenters. The third kappa shape index (κ3) is 2.46. The number of aryl methyl sites for hydroxylation is 1. The number of aliphatic carboxylic acids is 1. The lowest BCUT2D eigenvalue weighted by Gasteiger charge is -2.22. The van der Waals surface area contributed by atoms with Crippen molar-refractivity contribution in [3.05, 3.63) is 29.3 Å². The number of fused-ring (bicyclic) bond motifs is 1. The van der Waals surface area contributed by atoms with Crippen LogP contribution in [0.2, 0.25) is 0 Å². The van der Waals surface area contributed by atoms with Gasteiger partial charge in [-0.3, -0.25) is 9.59 Å². The van der Waals surface area contributed by atoms with Crippen molar-refractivity contribution in [2.75, 3.05) is 0 Å². The molecular formula is C13H14O4.